The predicted molar refractivity (Wildman–Crippen MR) is 89.2 cm³/mol. The molecule has 4 rings (SSSR count). The SMILES string of the molecule is O=Cc1cc(-c2cnn(-c3ccc(-c4nn[nH]n4)cc3)c2)cc(F)c1O. The van der Waals surface area contributed by atoms with Crippen molar-refractivity contribution < 1.29 is 14.3 Å². The molecule has 0 atom stereocenters. The van der Waals surface area contributed by atoms with E-state index in [1.54, 1.807) is 17.1 Å². The number of nitrogens with one attached hydrogen (secondary N) is 1. The molecule has 2 heterocycles. The summed E-state index contributed by atoms with van der Waals surface area (Å²) in [5.41, 5.74) is 2.51. The van der Waals surface area contributed by atoms with Gasteiger partial charge in [0.15, 0.2) is 17.9 Å². The van der Waals surface area contributed by atoms with Crippen molar-refractivity contribution in [3.8, 4) is 34.0 Å². The summed E-state index contributed by atoms with van der Waals surface area (Å²) in [4.78, 5) is 11.0. The van der Waals surface area contributed by atoms with Crippen LogP contribution in [0.3, 0.4) is 0 Å². The Morgan fingerprint density at radius 1 is 1.12 bits per heavy atom. The number of nitrogens with zero attached hydrogens (tertiary/aromatic N) is 5. The van der Waals surface area contributed by atoms with Gasteiger partial charge >= 0.3 is 0 Å². The second-order valence-electron chi connectivity index (χ2n) is 5.47. The third-order valence-electron chi connectivity index (χ3n) is 3.87. The molecule has 0 aliphatic rings. The number of rotatable bonds is 4. The zero-order valence-corrected chi connectivity index (χ0v) is 13.2. The van der Waals surface area contributed by atoms with Crippen molar-refractivity contribution in [2.24, 2.45) is 0 Å². The van der Waals surface area contributed by atoms with E-state index < -0.39 is 11.6 Å². The van der Waals surface area contributed by atoms with Crippen LogP contribution in [-0.4, -0.2) is 41.8 Å². The Labute approximate surface area is 145 Å². The highest BCUT2D eigenvalue weighted by molar-refractivity contribution is 5.82. The standard InChI is InChI=1S/C17H11FN6O2/c18-15-6-11(5-12(9-25)16(15)26)13-7-19-24(8-13)14-3-1-10(2-4-14)17-20-22-23-21-17/h1-9,26H,(H,20,21,22,23). The van der Waals surface area contributed by atoms with Gasteiger partial charge in [-0.15, -0.1) is 10.2 Å². The van der Waals surface area contributed by atoms with Crippen molar-refractivity contribution >= 4 is 6.29 Å². The second kappa shape index (κ2) is 6.20. The van der Waals surface area contributed by atoms with Crippen LogP contribution in [0.25, 0.3) is 28.2 Å². The molecule has 2 N–H and O–H groups in total. The number of aromatic nitrogens is 6. The zero-order chi connectivity index (χ0) is 18.1. The maximum Gasteiger partial charge on any atom is 0.204 e. The Hall–Kier alpha value is -3.88. The zero-order valence-electron chi connectivity index (χ0n) is 13.2. The Bertz CT molecular complexity index is 1070. The molecule has 0 spiro atoms. The predicted octanol–water partition coefficient (Wildman–Crippen LogP) is 2.38. The quantitative estimate of drug-likeness (QED) is 0.547. The van der Waals surface area contributed by atoms with Crippen molar-refractivity contribution in [3.63, 3.8) is 0 Å². The summed E-state index contributed by atoms with van der Waals surface area (Å²) in [6.45, 7) is 0. The largest absolute Gasteiger partial charge is 0.504 e. The minimum absolute atomic E-state index is 0.114. The van der Waals surface area contributed by atoms with Crippen molar-refractivity contribution in [2.75, 3.05) is 0 Å². The lowest BCUT2D eigenvalue weighted by atomic mass is 10.1. The van der Waals surface area contributed by atoms with E-state index in [4.69, 9.17) is 0 Å². The van der Waals surface area contributed by atoms with E-state index in [-0.39, 0.29) is 5.56 Å². The van der Waals surface area contributed by atoms with Crippen LogP contribution in [0, 0.1) is 5.82 Å². The Balaban J connectivity index is 1.66. The van der Waals surface area contributed by atoms with Gasteiger partial charge in [0, 0.05) is 17.3 Å². The molecule has 26 heavy (non-hydrogen) atoms. The summed E-state index contributed by atoms with van der Waals surface area (Å²) in [5.74, 6) is -1.03. The van der Waals surface area contributed by atoms with E-state index in [0.717, 1.165) is 17.3 Å². The van der Waals surface area contributed by atoms with Crippen LogP contribution in [0.1, 0.15) is 10.4 Å². The van der Waals surface area contributed by atoms with E-state index in [1.165, 1.54) is 6.07 Å². The topological polar surface area (TPSA) is 110 Å². The number of carbonyl (C=O) groups excluding carboxylic acids is 1. The molecule has 0 radical (unpaired) electrons. The second-order valence-corrected chi connectivity index (χ2v) is 5.47. The molecule has 9 heteroatoms. The van der Waals surface area contributed by atoms with Gasteiger partial charge in [-0.2, -0.15) is 10.3 Å². The van der Waals surface area contributed by atoms with Gasteiger partial charge in [0.1, 0.15) is 0 Å². The lowest BCUT2D eigenvalue weighted by Gasteiger charge is -2.04. The maximum absolute atomic E-state index is 13.8. The minimum atomic E-state index is -0.859. The number of phenols is 1. The summed E-state index contributed by atoms with van der Waals surface area (Å²) in [7, 11) is 0. The molecule has 2 aromatic carbocycles. The van der Waals surface area contributed by atoms with Crippen LogP contribution in [0.15, 0.2) is 48.8 Å². The summed E-state index contributed by atoms with van der Waals surface area (Å²) in [6, 6.07) is 9.88. The third kappa shape index (κ3) is 2.71. The molecule has 8 nitrogen and oxygen atoms in total. The first kappa shape index (κ1) is 15.6. The van der Waals surface area contributed by atoms with Gasteiger partial charge in [-0.3, -0.25) is 4.79 Å². The Morgan fingerprint density at radius 3 is 2.62 bits per heavy atom. The molecule has 4 aromatic rings. The van der Waals surface area contributed by atoms with Gasteiger partial charge in [0.2, 0.25) is 5.82 Å². The number of halogens is 1. The highest BCUT2D eigenvalue weighted by Gasteiger charge is 2.12. The highest BCUT2D eigenvalue weighted by Crippen LogP contribution is 2.28. The van der Waals surface area contributed by atoms with Crippen molar-refractivity contribution in [1.29, 1.82) is 0 Å². The number of H-pyrrole nitrogens is 1. The lowest BCUT2D eigenvalue weighted by molar-refractivity contribution is 0.112. The molecule has 0 saturated carbocycles. The van der Waals surface area contributed by atoms with Crippen molar-refractivity contribution in [1.82, 2.24) is 30.4 Å². The van der Waals surface area contributed by atoms with Crippen LogP contribution >= 0.6 is 0 Å². The molecular formula is C17H11FN6O2. The molecule has 128 valence electrons. The Morgan fingerprint density at radius 2 is 1.92 bits per heavy atom. The molecule has 0 fully saturated rings. The van der Waals surface area contributed by atoms with Gasteiger partial charge in [-0.1, -0.05) is 0 Å². The van der Waals surface area contributed by atoms with E-state index in [0.29, 0.717) is 23.2 Å². The number of aromatic hydroxyl groups is 1. The highest BCUT2D eigenvalue weighted by atomic mass is 19.1. The van der Waals surface area contributed by atoms with Gasteiger partial charge in [-0.05, 0) is 47.2 Å². The first-order chi connectivity index (χ1) is 12.7. The molecule has 0 amide bonds. The van der Waals surface area contributed by atoms with E-state index in [9.17, 15) is 14.3 Å². The number of aromatic amines is 1. The van der Waals surface area contributed by atoms with Gasteiger partial charge in [-0.25, -0.2) is 9.07 Å². The fourth-order valence-electron chi connectivity index (χ4n) is 2.54. The van der Waals surface area contributed by atoms with Crippen molar-refractivity contribution in [2.45, 2.75) is 0 Å². The van der Waals surface area contributed by atoms with Crippen LogP contribution in [-0.2, 0) is 0 Å². The summed E-state index contributed by atoms with van der Waals surface area (Å²) >= 11 is 0. The lowest BCUT2D eigenvalue weighted by Crippen LogP contribution is -1.94. The number of tetrazole rings is 1. The summed E-state index contributed by atoms with van der Waals surface area (Å²) in [6.07, 6.45) is 3.65. The number of aldehydes is 1. The number of hydrogen-bond acceptors (Lipinski definition) is 6. The van der Waals surface area contributed by atoms with Crippen LogP contribution in [0.4, 0.5) is 4.39 Å². The summed E-state index contributed by atoms with van der Waals surface area (Å²) < 4.78 is 15.4. The van der Waals surface area contributed by atoms with Crippen molar-refractivity contribution in [3.05, 3.63) is 60.2 Å². The normalized spacial score (nSPS) is 10.8. The molecule has 0 bridgehead atoms. The maximum atomic E-state index is 13.8. The van der Waals surface area contributed by atoms with Gasteiger partial charge in [0.25, 0.3) is 0 Å². The fraction of sp³-hybridized carbons (Fsp3) is 0. The van der Waals surface area contributed by atoms with Gasteiger partial charge < -0.3 is 5.11 Å². The van der Waals surface area contributed by atoms with Crippen LogP contribution in [0.5, 0.6) is 5.75 Å². The number of phenolic OH excluding ortho intramolecular Hbond substituents is 1. The average molecular weight is 350 g/mol. The number of benzene rings is 2. The minimum Gasteiger partial charge on any atom is -0.504 e. The van der Waals surface area contributed by atoms with E-state index in [1.807, 2.05) is 24.3 Å². The van der Waals surface area contributed by atoms with E-state index >= 15 is 0 Å². The molecule has 0 aliphatic heterocycles. The smallest absolute Gasteiger partial charge is 0.204 e. The average Bonchev–Trinajstić information content (AvgIpc) is 3.36. The molecular weight excluding hydrogens is 339 g/mol. The monoisotopic (exact) mass is 350 g/mol. The van der Waals surface area contributed by atoms with Crippen LogP contribution < -0.4 is 0 Å². The molecule has 0 unspecified atom stereocenters. The molecule has 0 saturated heterocycles. The first-order valence-electron chi connectivity index (χ1n) is 7.52. The van der Waals surface area contributed by atoms with E-state index in [2.05, 4.69) is 25.7 Å². The first-order valence-corrected chi connectivity index (χ1v) is 7.52. The number of carbonyl (C=O) groups is 1. The van der Waals surface area contributed by atoms with Gasteiger partial charge in [0.05, 0.1) is 17.4 Å². The van der Waals surface area contributed by atoms with Crippen LogP contribution in [0.2, 0.25) is 0 Å². The third-order valence-corrected chi connectivity index (χ3v) is 3.87. The number of hydrogen-bond donors (Lipinski definition) is 2. The summed E-state index contributed by atoms with van der Waals surface area (Å²) in [5, 5.41) is 27.5. The fourth-order valence-corrected chi connectivity index (χ4v) is 2.54. The molecule has 2 aromatic heterocycles. The molecule has 0 aliphatic carbocycles. The Kier molecular flexibility index (Phi) is 3.73.